The van der Waals surface area contributed by atoms with Crippen molar-refractivity contribution in [2.45, 2.75) is 35.8 Å². The lowest BCUT2D eigenvalue weighted by Gasteiger charge is -2.35. The molecule has 4 aromatic rings. The molecule has 0 saturated carbocycles. The molecule has 0 spiro atoms. The van der Waals surface area contributed by atoms with Gasteiger partial charge in [-0.2, -0.15) is 4.98 Å². The zero-order chi connectivity index (χ0) is 31.4. The van der Waals surface area contributed by atoms with E-state index in [2.05, 4.69) is 39.9 Å². The number of phosphoric acid groups is 1. The molecule has 44 heavy (non-hydrogen) atoms. The summed E-state index contributed by atoms with van der Waals surface area (Å²) in [5, 5.41) is 35.6. The van der Waals surface area contributed by atoms with Crippen LogP contribution in [0.2, 0.25) is 0 Å². The van der Waals surface area contributed by atoms with Crippen LogP contribution in [0, 0.1) is 0 Å². The minimum atomic E-state index is -5.26. The lowest BCUT2D eigenvalue weighted by atomic mass is 10.0. The molecule has 8 N–H and O–H groups in total. The first-order chi connectivity index (χ1) is 20.9. The summed E-state index contributed by atoms with van der Waals surface area (Å²) >= 11 is 0. The minimum absolute atomic E-state index is 0.0667. The molecule has 2 saturated heterocycles. The van der Waals surface area contributed by atoms with Crippen molar-refractivity contribution in [3.8, 4) is 0 Å². The number of aromatic amines is 2. The fourth-order valence-corrected chi connectivity index (χ4v) is 6.22. The van der Waals surface area contributed by atoms with Crippen LogP contribution < -0.4 is 16.9 Å². The molecule has 24 heteroatoms. The second-order valence-electron chi connectivity index (χ2n) is 9.81. The van der Waals surface area contributed by atoms with E-state index in [9.17, 15) is 39.9 Å². The number of nitrogen functional groups attached to an aromatic ring is 1. The highest BCUT2D eigenvalue weighted by Gasteiger charge is 2.57. The molecule has 2 aliphatic heterocycles. The van der Waals surface area contributed by atoms with Gasteiger partial charge in [-0.25, -0.2) is 19.5 Å². The smallest absolute Gasteiger partial charge is 0.394 e. The third-order valence-corrected chi connectivity index (χ3v) is 8.30. The van der Waals surface area contributed by atoms with Gasteiger partial charge < -0.3 is 40.4 Å². The fraction of sp³-hybridized carbons (Fsp3) is 0.500. The van der Waals surface area contributed by atoms with E-state index in [0.29, 0.717) is 0 Å². The Hall–Kier alpha value is -4.28. The van der Waals surface area contributed by atoms with E-state index < -0.39 is 81.2 Å². The molecule has 0 amide bonds. The predicted octanol–water partition coefficient (Wildman–Crippen LogP) is -2.90. The lowest BCUT2D eigenvalue weighted by Crippen LogP contribution is -2.48. The molecule has 2 aliphatic rings. The van der Waals surface area contributed by atoms with Crippen LogP contribution in [0.4, 0.5) is 5.95 Å². The first-order valence-corrected chi connectivity index (χ1v) is 14.0. The van der Waals surface area contributed by atoms with Gasteiger partial charge in [0.25, 0.3) is 11.1 Å². The maximum atomic E-state index is 13.4. The first-order valence-electron chi connectivity index (χ1n) is 12.6. The van der Waals surface area contributed by atoms with Crippen molar-refractivity contribution in [3.63, 3.8) is 0 Å². The maximum absolute atomic E-state index is 13.4. The van der Waals surface area contributed by atoms with Gasteiger partial charge in [-0.15, -0.1) is 0 Å². The van der Waals surface area contributed by atoms with Gasteiger partial charge in [-0.1, -0.05) is 5.11 Å². The molecule has 7 atom stereocenters. The second kappa shape index (κ2) is 10.7. The molecule has 6 rings (SSSR count). The SMILES string of the molecule is [N-]=[N+]=NC1[C@@H](CO)OC[C@@]1(OP(=O)(O)OC[C@H]1OC[C@](O)(n2cnc3c(=O)[nH]cnc32)[C@@H]1O)n1cnc2c(=O)[nH]c(N)nc21. The van der Waals surface area contributed by atoms with Crippen LogP contribution in [-0.4, -0.2) is 110 Å². The molecule has 2 fully saturated rings. The van der Waals surface area contributed by atoms with Crippen LogP contribution in [0.1, 0.15) is 0 Å². The fourth-order valence-electron chi connectivity index (χ4n) is 5.18. The Balaban J connectivity index is 1.29. The van der Waals surface area contributed by atoms with Gasteiger partial charge in [0.15, 0.2) is 33.8 Å². The number of nitrogens with zero attached hydrogens (tertiary/aromatic N) is 9. The van der Waals surface area contributed by atoms with E-state index in [0.717, 1.165) is 28.1 Å². The highest BCUT2D eigenvalue weighted by Crippen LogP contribution is 2.53. The zero-order valence-electron chi connectivity index (χ0n) is 22.1. The number of anilines is 1. The summed E-state index contributed by atoms with van der Waals surface area (Å²) in [7, 11) is -5.26. The highest BCUT2D eigenvalue weighted by atomic mass is 31.2. The van der Waals surface area contributed by atoms with Crippen molar-refractivity contribution >= 4 is 36.1 Å². The Morgan fingerprint density at radius 2 is 1.86 bits per heavy atom. The van der Waals surface area contributed by atoms with E-state index in [1.807, 2.05) is 0 Å². The van der Waals surface area contributed by atoms with Gasteiger partial charge in [-0.05, 0) is 5.53 Å². The van der Waals surface area contributed by atoms with Crippen LogP contribution in [0.3, 0.4) is 0 Å². The first kappa shape index (κ1) is 29.8. The van der Waals surface area contributed by atoms with Crippen molar-refractivity contribution in [3.05, 3.63) is 50.1 Å². The second-order valence-corrected chi connectivity index (χ2v) is 11.2. The summed E-state index contributed by atoms with van der Waals surface area (Å²) in [6.45, 7) is -2.73. The number of H-pyrrole nitrogens is 2. The largest absolute Gasteiger partial charge is 0.474 e. The molecular formula is C20H23N12O11P. The van der Waals surface area contributed by atoms with E-state index in [-0.39, 0.29) is 28.3 Å². The maximum Gasteiger partial charge on any atom is 0.474 e. The van der Waals surface area contributed by atoms with Gasteiger partial charge in [-0.3, -0.25) is 32.8 Å². The number of aliphatic hydroxyl groups is 3. The summed E-state index contributed by atoms with van der Waals surface area (Å²) < 4.78 is 37.1. The van der Waals surface area contributed by atoms with Gasteiger partial charge >= 0.3 is 7.82 Å². The van der Waals surface area contributed by atoms with Crippen molar-refractivity contribution in [2.24, 2.45) is 5.11 Å². The number of azide groups is 1. The number of fused-ring (bicyclic) bond motifs is 2. The molecule has 234 valence electrons. The van der Waals surface area contributed by atoms with Gasteiger partial charge in [0, 0.05) is 4.91 Å². The Morgan fingerprint density at radius 1 is 1.16 bits per heavy atom. The van der Waals surface area contributed by atoms with E-state index in [4.69, 9.17) is 24.3 Å². The van der Waals surface area contributed by atoms with E-state index in [1.165, 1.54) is 0 Å². The number of aliphatic hydroxyl groups excluding tert-OH is 2. The lowest BCUT2D eigenvalue weighted by molar-refractivity contribution is -0.110. The molecule has 0 bridgehead atoms. The average Bonchev–Trinajstić information content (AvgIpc) is 3.74. The summed E-state index contributed by atoms with van der Waals surface area (Å²) in [6.07, 6.45) is -1.31. The van der Waals surface area contributed by atoms with Crippen molar-refractivity contribution in [1.29, 1.82) is 0 Å². The number of rotatable bonds is 9. The Bertz CT molecular complexity index is 1950. The highest BCUT2D eigenvalue weighted by molar-refractivity contribution is 7.47. The summed E-state index contributed by atoms with van der Waals surface area (Å²) in [6, 6.07) is -1.54. The Labute approximate surface area is 242 Å². The summed E-state index contributed by atoms with van der Waals surface area (Å²) in [5.41, 5.74) is 8.41. The number of hydrogen-bond donors (Lipinski definition) is 7. The van der Waals surface area contributed by atoms with Crippen LogP contribution in [0.25, 0.3) is 32.8 Å². The number of aromatic nitrogens is 8. The van der Waals surface area contributed by atoms with E-state index in [1.54, 1.807) is 0 Å². The topological polar surface area (TPSA) is 337 Å². The van der Waals surface area contributed by atoms with Gasteiger partial charge in [0.05, 0.1) is 51.5 Å². The molecule has 2 unspecified atom stereocenters. The van der Waals surface area contributed by atoms with Crippen LogP contribution in [0.15, 0.2) is 33.7 Å². The van der Waals surface area contributed by atoms with Gasteiger partial charge in [0.1, 0.15) is 18.2 Å². The average molecular weight is 638 g/mol. The van der Waals surface area contributed by atoms with Crippen molar-refractivity contribution < 1.29 is 43.3 Å². The van der Waals surface area contributed by atoms with Crippen molar-refractivity contribution in [1.82, 2.24) is 39.0 Å². The normalized spacial score (nSPS) is 30.1. The van der Waals surface area contributed by atoms with Crippen LogP contribution >= 0.6 is 7.82 Å². The van der Waals surface area contributed by atoms with Crippen LogP contribution in [-0.2, 0) is 34.5 Å². The predicted molar refractivity (Wildman–Crippen MR) is 141 cm³/mol. The standard InChI is InChI=1S/C20H23N12O11P/c21-18-27-15-11(17(36)28-18)26-7-32(15)20(4-41-8(1-33)12(20)29-30-22)43-44(38,39)42-2-9-13(34)19(37,3-40-9)31-6-25-10-14(31)23-5-24-16(10)35/h5-9,12-13,33-34,37H,1-4H2,(H,38,39)(H,23,24,35)(H3,21,27,28,36)/t8-,9-,12?,13-,19-,20+/m1/s1. The molecule has 6 heterocycles. The third kappa shape index (κ3) is 4.64. The summed E-state index contributed by atoms with van der Waals surface area (Å²) in [4.78, 5) is 58.4. The molecule has 0 aliphatic carbocycles. The molecule has 23 nitrogen and oxygen atoms in total. The monoisotopic (exact) mass is 638 g/mol. The number of imidazole rings is 2. The number of nitrogens with two attached hydrogens (primary N) is 1. The Kier molecular flexibility index (Phi) is 7.25. The number of ether oxygens (including phenoxy) is 2. The molecular weight excluding hydrogens is 615 g/mol. The van der Waals surface area contributed by atoms with Crippen LogP contribution in [0.5, 0.6) is 0 Å². The molecule has 0 aromatic carbocycles. The number of phosphoric ester groups is 1. The van der Waals surface area contributed by atoms with Crippen molar-refractivity contribution in [2.75, 3.05) is 32.2 Å². The molecule has 0 radical (unpaired) electrons. The summed E-state index contributed by atoms with van der Waals surface area (Å²) in [5.74, 6) is -0.342. The Morgan fingerprint density at radius 3 is 2.59 bits per heavy atom. The number of hydrogen-bond acceptors (Lipinski definition) is 16. The van der Waals surface area contributed by atoms with E-state index >= 15 is 0 Å². The zero-order valence-corrected chi connectivity index (χ0v) is 23.0. The third-order valence-electron chi connectivity index (χ3n) is 7.28. The van der Waals surface area contributed by atoms with Gasteiger partial charge in [0.2, 0.25) is 5.95 Å². The molecule has 4 aromatic heterocycles. The minimum Gasteiger partial charge on any atom is -0.394 e. The quantitative estimate of drug-likeness (QED) is 0.0418. The number of nitrogens with one attached hydrogen (secondary N) is 2.